The Labute approximate surface area is 161 Å². The molecule has 1 aliphatic rings. The van der Waals surface area contributed by atoms with Crippen LogP contribution in [0.4, 0.5) is 15.8 Å². The molecule has 1 N–H and O–H groups in total. The van der Waals surface area contributed by atoms with Crippen LogP contribution >= 0.6 is 0 Å². The molecule has 1 amide bonds. The number of carbonyl (C=O) groups excluding carboxylic acids is 1. The summed E-state index contributed by atoms with van der Waals surface area (Å²) in [6, 6.07) is 10.00. The standard InChI is InChI=1S/C20H19FN4O3/c1-12-3-4-13(9-17(12)27-2)20-23-19(28-24-20)11-25-8-7-18(26)22-15-10-14(21)5-6-16(15)25/h3-6,9-10H,7-8,11H2,1-2H3,(H,22,26). The molecule has 1 aliphatic heterocycles. The van der Waals surface area contributed by atoms with Gasteiger partial charge in [0.25, 0.3) is 0 Å². The van der Waals surface area contributed by atoms with E-state index in [0.29, 0.717) is 36.2 Å². The summed E-state index contributed by atoms with van der Waals surface area (Å²) in [6.07, 6.45) is 0.284. The van der Waals surface area contributed by atoms with Crippen LogP contribution in [0.5, 0.6) is 5.75 Å². The zero-order chi connectivity index (χ0) is 19.7. The Bertz CT molecular complexity index is 1030. The number of nitrogens with one attached hydrogen (secondary N) is 1. The normalized spacial score (nSPS) is 13.7. The highest BCUT2D eigenvalue weighted by atomic mass is 19.1. The van der Waals surface area contributed by atoms with E-state index in [9.17, 15) is 9.18 Å². The molecule has 3 aromatic rings. The lowest BCUT2D eigenvalue weighted by Gasteiger charge is -2.22. The van der Waals surface area contributed by atoms with Gasteiger partial charge in [0.2, 0.25) is 17.6 Å². The number of halogens is 1. The fourth-order valence-electron chi connectivity index (χ4n) is 3.18. The third kappa shape index (κ3) is 3.53. The number of fused-ring (bicyclic) bond motifs is 1. The van der Waals surface area contributed by atoms with Gasteiger partial charge in [0.05, 0.1) is 25.0 Å². The monoisotopic (exact) mass is 382 g/mol. The fourth-order valence-corrected chi connectivity index (χ4v) is 3.18. The predicted octanol–water partition coefficient (Wildman–Crippen LogP) is 3.54. The van der Waals surface area contributed by atoms with Crippen molar-refractivity contribution < 1.29 is 18.4 Å². The molecular weight excluding hydrogens is 363 g/mol. The van der Waals surface area contributed by atoms with Crippen molar-refractivity contribution in [3.63, 3.8) is 0 Å². The van der Waals surface area contributed by atoms with E-state index in [2.05, 4.69) is 15.5 Å². The van der Waals surface area contributed by atoms with Crippen LogP contribution in [-0.2, 0) is 11.3 Å². The quantitative estimate of drug-likeness (QED) is 0.743. The third-order valence-electron chi connectivity index (χ3n) is 4.64. The van der Waals surface area contributed by atoms with Crippen molar-refractivity contribution in [3.05, 3.63) is 53.7 Å². The topological polar surface area (TPSA) is 80.5 Å². The summed E-state index contributed by atoms with van der Waals surface area (Å²) >= 11 is 0. The van der Waals surface area contributed by atoms with Crippen LogP contribution in [0.2, 0.25) is 0 Å². The molecular formula is C20H19FN4O3. The summed E-state index contributed by atoms with van der Waals surface area (Å²) in [5.41, 5.74) is 2.95. The Morgan fingerprint density at radius 2 is 2.14 bits per heavy atom. The van der Waals surface area contributed by atoms with Crippen molar-refractivity contribution in [2.24, 2.45) is 0 Å². The van der Waals surface area contributed by atoms with Crippen LogP contribution < -0.4 is 15.0 Å². The Morgan fingerprint density at radius 1 is 1.29 bits per heavy atom. The van der Waals surface area contributed by atoms with Crippen LogP contribution in [0.3, 0.4) is 0 Å². The Kier molecular flexibility index (Phi) is 4.68. The van der Waals surface area contributed by atoms with Crippen LogP contribution in [0.1, 0.15) is 17.9 Å². The van der Waals surface area contributed by atoms with E-state index in [-0.39, 0.29) is 12.3 Å². The molecule has 0 spiro atoms. The van der Waals surface area contributed by atoms with Gasteiger partial charge in [-0.25, -0.2) is 4.39 Å². The number of anilines is 2. The molecule has 0 aliphatic carbocycles. The van der Waals surface area contributed by atoms with E-state index in [1.54, 1.807) is 13.2 Å². The highest BCUT2D eigenvalue weighted by Gasteiger charge is 2.22. The summed E-state index contributed by atoms with van der Waals surface area (Å²) in [4.78, 5) is 18.3. The Morgan fingerprint density at radius 3 is 2.96 bits per heavy atom. The first-order chi connectivity index (χ1) is 13.5. The second-order valence-corrected chi connectivity index (χ2v) is 6.58. The zero-order valence-corrected chi connectivity index (χ0v) is 15.5. The number of rotatable bonds is 4. The summed E-state index contributed by atoms with van der Waals surface area (Å²) in [7, 11) is 1.61. The lowest BCUT2D eigenvalue weighted by atomic mass is 10.1. The van der Waals surface area contributed by atoms with Gasteiger partial charge in [-0.2, -0.15) is 4.98 Å². The van der Waals surface area contributed by atoms with Gasteiger partial charge in [-0.15, -0.1) is 0 Å². The SMILES string of the molecule is COc1cc(-c2noc(CN3CCC(=O)Nc4cc(F)ccc43)n2)ccc1C. The van der Waals surface area contributed by atoms with Gasteiger partial charge < -0.3 is 19.5 Å². The molecule has 0 radical (unpaired) electrons. The maximum Gasteiger partial charge on any atom is 0.246 e. The van der Waals surface area contributed by atoms with E-state index in [1.807, 2.05) is 30.0 Å². The molecule has 0 bridgehead atoms. The number of hydrogen-bond acceptors (Lipinski definition) is 6. The van der Waals surface area contributed by atoms with E-state index in [0.717, 1.165) is 16.9 Å². The smallest absolute Gasteiger partial charge is 0.246 e. The van der Waals surface area contributed by atoms with Crippen LogP contribution in [0.25, 0.3) is 11.4 Å². The van der Waals surface area contributed by atoms with Crippen LogP contribution in [-0.4, -0.2) is 29.7 Å². The number of aromatic nitrogens is 2. The van der Waals surface area contributed by atoms with Crippen molar-refractivity contribution in [1.82, 2.24) is 10.1 Å². The maximum atomic E-state index is 13.6. The lowest BCUT2D eigenvalue weighted by Crippen LogP contribution is -2.24. The van der Waals surface area contributed by atoms with Gasteiger partial charge in [0, 0.05) is 18.5 Å². The molecule has 0 saturated carbocycles. The number of ether oxygens (including phenoxy) is 1. The van der Waals surface area contributed by atoms with Crippen molar-refractivity contribution in [1.29, 1.82) is 0 Å². The number of nitrogens with zero attached hydrogens (tertiary/aromatic N) is 3. The first kappa shape index (κ1) is 18.0. The average Bonchev–Trinajstić information content (AvgIpc) is 3.08. The Balaban J connectivity index is 1.60. The number of benzene rings is 2. The molecule has 0 fully saturated rings. The summed E-state index contributed by atoms with van der Waals surface area (Å²) in [5, 5.41) is 6.78. The molecule has 8 heteroatoms. The molecule has 1 aromatic heterocycles. The molecule has 2 aromatic carbocycles. The lowest BCUT2D eigenvalue weighted by molar-refractivity contribution is -0.115. The first-order valence-electron chi connectivity index (χ1n) is 8.85. The second kappa shape index (κ2) is 7.30. The van der Waals surface area contributed by atoms with E-state index < -0.39 is 5.82 Å². The molecule has 0 saturated heterocycles. The molecule has 7 nitrogen and oxygen atoms in total. The molecule has 144 valence electrons. The first-order valence-corrected chi connectivity index (χ1v) is 8.85. The summed E-state index contributed by atoms with van der Waals surface area (Å²) in [5.74, 6) is 1.04. The summed E-state index contributed by atoms with van der Waals surface area (Å²) in [6.45, 7) is 2.73. The zero-order valence-electron chi connectivity index (χ0n) is 15.5. The minimum atomic E-state index is -0.408. The number of carbonyl (C=O) groups is 1. The van der Waals surface area contributed by atoms with Crippen molar-refractivity contribution >= 4 is 17.3 Å². The Hall–Kier alpha value is -3.42. The third-order valence-corrected chi connectivity index (χ3v) is 4.64. The van der Waals surface area contributed by atoms with E-state index in [4.69, 9.17) is 9.26 Å². The molecule has 0 atom stereocenters. The van der Waals surface area contributed by atoms with Crippen LogP contribution in [0, 0.1) is 12.7 Å². The fraction of sp³-hybridized carbons (Fsp3) is 0.250. The average molecular weight is 382 g/mol. The molecule has 4 rings (SSSR count). The van der Waals surface area contributed by atoms with Crippen molar-refractivity contribution in [3.8, 4) is 17.1 Å². The van der Waals surface area contributed by atoms with E-state index >= 15 is 0 Å². The maximum absolute atomic E-state index is 13.6. The minimum Gasteiger partial charge on any atom is -0.496 e. The highest BCUT2D eigenvalue weighted by Crippen LogP contribution is 2.31. The number of methoxy groups -OCH3 is 1. The number of aryl methyl sites for hydroxylation is 1. The van der Waals surface area contributed by atoms with Crippen molar-refractivity contribution in [2.45, 2.75) is 19.9 Å². The van der Waals surface area contributed by atoms with E-state index in [1.165, 1.54) is 12.1 Å². The van der Waals surface area contributed by atoms with Crippen molar-refractivity contribution in [2.75, 3.05) is 23.9 Å². The predicted molar refractivity (Wildman–Crippen MR) is 102 cm³/mol. The van der Waals surface area contributed by atoms with Gasteiger partial charge in [0.15, 0.2) is 0 Å². The largest absolute Gasteiger partial charge is 0.496 e. The number of hydrogen-bond donors (Lipinski definition) is 1. The number of amides is 1. The van der Waals surface area contributed by atoms with Gasteiger partial charge in [-0.3, -0.25) is 4.79 Å². The van der Waals surface area contributed by atoms with Crippen LogP contribution in [0.15, 0.2) is 40.9 Å². The summed E-state index contributed by atoms with van der Waals surface area (Å²) < 4.78 is 24.3. The van der Waals surface area contributed by atoms with Gasteiger partial charge in [0.1, 0.15) is 11.6 Å². The second-order valence-electron chi connectivity index (χ2n) is 6.58. The van der Waals surface area contributed by atoms with Gasteiger partial charge in [-0.1, -0.05) is 17.3 Å². The molecule has 28 heavy (non-hydrogen) atoms. The molecule has 2 heterocycles. The minimum absolute atomic E-state index is 0.160. The van der Waals surface area contributed by atoms with Gasteiger partial charge >= 0.3 is 0 Å². The van der Waals surface area contributed by atoms with Gasteiger partial charge in [-0.05, 0) is 36.8 Å². The highest BCUT2D eigenvalue weighted by molar-refractivity contribution is 5.96. The molecule has 0 unspecified atom stereocenters.